The topological polar surface area (TPSA) is 20.2 Å². The van der Waals surface area contributed by atoms with E-state index in [2.05, 4.69) is 20.4 Å². The molecule has 0 radical (unpaired) electrons. The zero-order valence-corrected chi connectivity index (χ0v) is 10.7. The lowest BCUT2D eigenvalue weighted by molar-refractivity contribution is 0.471. The molecule has 1 heteroatoms. The molecule has 0 saturated carbocycles. The van der Waals surface area contributed by atoms with Gasteiger partial charge >= 0.3 is 0 Å². The second kappa shape index (κ2) is 4.79. The molecule has 0 aliphatic heterocycles. The maximum absolute atomic E-state index is 9.95. The van der Waals surface area contributed by atoms with Gasteiger partial charge in [0.1, 0.15) is 5.75 Å². The molecule has 1 atom stereocenters. The van der Waals surface area contributed by atoms with Gasteiger partial charge in [0, 0.05) is 5.56 Å². The molecule has 2 rings (SSSR count). The first-order chi connectivity index (χ1) is 8.09. The summed E-state index contributed by atoms with van der Waals surface area (Å²) in [5.41, 5.74) is 4.97. The van der Waals surface area contributed by atoms with Crippen molar-refractivity contribution in [1.29, 1.82) is 0 Å². The third-order valence-corrected chi connectivity index (χ3v) is 3.76. The summed E-state index contributed by atoms with van der Waals surface area (Å²) in [5.74, 6) is 0.956. The molecule has 0 unspecified atom stereocenters. The van der Waals surface area contributed by atoms with Gasteiger partial charge in [-0.3, -0.25) is 0 Å². The van der Waals surface area contributed by atoms with E-state index in [9.17, 15) is 5.11 Å². The smallest absolute Gasteiger partial charge is 0.123 e. The van der Waals surface area contributed by atoms with Crippen LogP contribution in [0.3, 0.4) is 0 Å². The van der Waals surface area contributed by atoms with E-state index in [4.69, 9.17) is 0 Å². The number of phenolic OH excluding ortho intramolecular Hbond substituents is 1. The monoisotopic (exact) mass is 228 g/mol. The number of hydrogen-bond donors (Lipinski definition) is 1. The van der Waals surface area contributed by atoms with Gasteiger partial charge in [-0.1, -0.05) is 35.9 Å². The Morgan fingerprint density at radius 2 is 2.06 bits per heavy atom. The van der Waals surface area contributed by atoms with Crippen LogP contribution in [0.1, 0.15) is 38.7 Å². The lowest BCUT2D eigenvalue weighted by atomic mass is 9.78. The molecule has 0 aromatic heterocycles. The van der Waals surface area contributed by atoms with E-state index in [0.29, 0.717) is 11.7 Å². The summed E-state index contributed by atoms with van der Waals surface area (Å²) in [6.45, 7) is 8.35. The van der Waals surface area contributed by atoms with Gasteiger partial charge in [0.25, 0.3) is 0 Å². The Balaban J connectivity index is 2.37. The quantitative estimate of drug-likeness (QED) is 0.737. The zero-order valence-electron chi connectivity index (χ0n) is 10.7. The van der Waals surface area contributed by atoms with Gasteiger partial charge in [-0.15, -0.1) is 0 Å². The van der Waals surface area contributed by atoms with Crippen molar-refractivity contribution in [3.63, 3.8) is 0 Å². The molecule has 1 nitrogen and oxygen atoms in total. The van der Waals surface area contributed by atoms with Crippen LogP contribution < -0.4 is 0 Å². The highest BCUT2D eigenvalue weighted by molar-refractivity contribution is 5.73. The maximum atomic E-state index is 9.95. The number of para-hydroxylation sites is 1. The molecule has 1 aromatic carbocycles. The fourth-order valence-corrected chi connectivity index (χ4v) is 2.55. The van der Waals surface area contributed by atoms with Crippen LogP contribution in [-0.4, -0.2) is 5.11 Å². The van der Waals surface area contributed by atoms with E-state index in [1.54, 1.807) is 6.07 Å². The van der Waals surface area contributed by atoms with Crippen molar-refractivity contribution in [2.24, 2.45) is 5.92 Å². The summed E-state index contributed by atoms with van der Waals surface area (Å²) in [6, 6.07) is 7.63. The molecule has 17 heavy (non-hydrogen) atoms. The van der Waals surface area contributed by atoms with E-state index in [0.717, 1.165) is 18.4 Å². The summed E-state index contributed by atoms with van der Waals surface area (Å²) in [4.78, 5) is 0. The van der Waals surface area contributed by atoms with Crippen LogP contribution in [0.4, 0.5) is 0 Å². The van der Waals surface area contributed by atoms with Crippen LogP contribution in [0.25, 0.3) is 5.57 Å². The van der Waals surface area contributed by atoms with Crippen LogP contribution in [-0.2, 0) is 0 Å². The summed E-state index contributed by atoms with van der Waals surface area (Å²) in [5, 5.41) is 9.95. The molecular weight excluding hydrogens is 208 g/mol. The van der Waals surface area contributed by atoms with Gasteiger partial charge in [0.05, 0.1) is 0 Å². The molecular formula is C16H20O. The molecule has 0 amide bonds. The molecule has 0 heterocycles. The van der Waals surface area contributed by atoms with Crippen molar-refractivity contribution in [3.05, 3.63) is 47.6 Å². The van der Waals surface area contributed by atoms with E-state index < -0.39 is 0 Å². The lowest BCUT2D eigenvalue weighted by Crippen LogP contribution is -2.10. The van der Waals surface area contributed by atoms with Crippen LogP contribution >= 0.6 is 0 Å². The Hall–Kier alpha value is -1.50. The molecule has 90 valence electrons. The van der Waals surface area contributed by atoms with Crippen LogP contribution in [0.15, 0.2) is 42.0 Å². The van der Waals surface area contributed by atoms with Crippen molar-refractivity contribution >= 4 is 5.57 Å². The standard InChI is InChI=1S/C16H20O/c1-11(2)13-9-8-12(3)15(10-13)14-6-4-5-7-16(14)17/h4-7,13,17H,1,8-10H2,2-3H3/t13-/m1/s1. The summed E-state index contributed by atoms with van der Waals surface area (Å²) in [7, 11) is 0. The molecule has 0 saturated heterocycles. The summed E-state index contributed by atoms with van der Waals surface area (Å²) < 4.78 is 0. The van der Waals surface area contributed by atoms with Gasteiger partial charge in [0.2, 0.25) is 0 Å². The minimum absolute atomic E-state index is 0.393. The Labute approximate surface area is 103 Å². The zero-order chi connectivity index (χ0) is 12.4. The highest BCUT2D eigenvalue weighted by Crippen LogP contribution is 2.40. The number of hydrogen-bond acceptors (Lipinski definition) is 1. The predicted molar refractivity (Wildman–Crippen MR) is 72.9 cm³/mol. The second-order valence-corrected chi connectivity index (χ2v) is 5.06. The van der Waals surface area contributed by atoms with Crippen molar-refractivity contribution in [1.82, 2.24) is 0 Å². The first kappa shape index (κ1) is 12.0. The fraction of sp³-hybridized carbons (Fsp3) is 0.375. The average molecular weight is 228 g/mol. The fourth-order valence-electron chi connectivity index (χ4n) is 2.55. The van der Waals surface area contributed by atoms with Gasteiger partial charge in [-0.05, 0) is 50.7 Å². The van der Waals surface area contributed by atoms with Gasteiger partial charge in [0.15, 0.2) is 0 Å². The Kier molecular flexibility index (Phi) is 3.37. The predicted octanol–water partition coefficient (Wildman–Crippen LogP) is 4.54. The first-order valence-corrected chi connectivity index (χ1v) is 6.22. The number of aromatic hydroxyl groups is 1. The van der Waals surface area contributed by atoms with Crippen molar-refractivity contribution in [2.45, 2.75) is 33.1 Å². The van der Waals surface area contributed by atoms with Crippen molar-refractivity contribution in [3.8, 4) is 5.75 Å². The van der Waals surface area contributed by atoms with Gasteiger partial charge in [-0.2, -0.15) is 0 Å². The average Bonchev–Trinajstić information content (AvgIpc) is 2.30. The first-order valence-electron chi connectivity index (χ1n) is 6.22. The van der Waals surface area contributed by atoms with Crippen LogP contribution in [0.5, 0.6) is 5.75 Å². The Bertz CT molecular complexity index is 468. The van der Waals surface area contributed by atoms with E-state index in [1.165, 1.54) is 23.1 Å². The second-order valence-electron chi connectivity index (χ2n) is 5.06. The largest absolute Gasteiger partial charge is 0.507 e. The maximum Gasteiger partial charge on any atom is 0.123 e. The van der Waals surface area contributed by atoms with Crippen molar-refractivity contribution < 1.29 is 5.11 Å². The third kappa shape index (κ3) is 2.44. The van der Waals surface area contributed by atoms with E-state index >= 15 is 0 Å². The van der Waals surface area contributed by atoms with Crippen LogP contribution in [0, 0.1) is 5.92 Å². The molecule has 1 aliphatic carbocycles. The van der Waals surface area contributed by atoms with E-state index in [1.807, 2.05) is 18.2 Å². The molecule has 0 bridgehead atoms. The number of benzene rings is 1. The highest BCUT2D eigenvalue weighted by Gasteiger charge is 2.21. The van der Waals surface area contributed by atoms with Crippen molar-refractivity contribution in [2.75, 3.05) is 0 Å². The molecule has 1 N–H and O–H groups in total. The normalized spacial score (nSPS) is 20.5. The van der Waals surface area contributed by atoms with E-state index in [-0.39, 0.29) is 0 Å². The Morgan fingerprint density at radius 3 is 2.71 bits per heavy atom. The van der Waals surface area contributed by atoms with Gasteiger partial charge < -0.3 is 5.11 Å². The highest BCUT2D eigenvalue weighted by atomic mass is 16.3. The van der Waals surface area contributed by atoms with Crippen LogP contribution in [0.2, 0.25) is 0 Å². The molecule has 1 aromatic rings. The minimum Gasteiger partial charge on any atom is -0.507 e. The third-order valence-electron chi connectivity index (χ3n) is 3.76. The molecule has 0 fully saturated rings. The lowest BCUT2D eigenvalue weighted by Gasteiger charge is -2.27. The SMILES string of the molecule is C=C(C)[C@@H]1CCC(C)=C(c2ccccc2O)C1. The number of phenols is 1. The minimum atomic E-state index is 0.393. The Morgan fingerprint density at radius 1 is 1.35 bits per heavy atom. The number of rotatable bonds is 2. The summed E-state index contributed by atoms with van der Waals surface area (Å²) in [6.07, 6.45) is 3.32. The molecule has 1 aliphatic rings. The summed E-state index contributed by atoms with van der Waals surface area (Å²) >= 11 is 0. The molecule has 0 spiro atoms. The van der Waals surface area contributed by atoms with Gasteiger partial charge in [-0.25, -0.2) is 0 Å². The number of allylic oxidation sites excluding steroid dienone is 3.